The van der Waals surface area contributed by atoms with Gasteiger partial charge in [0.1, 0.15) is 0 Å². The van der Waals surface area contributed by atoms with E-state index in [0.29, 0.717) is 6.54 Å². The van der Waals surface area contributed by atoms with Crippen LogP contribution < -0.4 is 11.1 Å². The highest BCUT2D eigenvalue weighted by Gasteiger charge is 2.35. The van der Waals surface area contributed by atoms with E-state index in [9.17, 15) is 4.79 Å². The summed E-state index contributed by atoms with van der Waals surface area (Å²) in [6.45, 7) is 9.61. The number of carbonyl (C=O) groups excluding carboxylic acids is 1. The van der Waals surface area contributed by atoms with Gasteiger partial charge in [0, 0.05) is 39.4 Å². The predicted octanol–water partition coefficient (Wildman–Crippen LogP) is 0.347. The van der Waals surface area contributed by atoms with Crippen LogP contribution in [0.4, 0.5) is 0 Å². The second-order valence-electron chi connectivity index (χ2n) is 6.57. The SMILES string of the molecule is CN=C(NCc1ncccc1C)N1CCN(C(C)(C)C(N)=O)CC1. The number of rotatable bonds is 4. The summed E-state index contributed by atoms with van der Waals surface area (Å²) in [5.41, 5.74) is 7.07. The van der Waals surface area contributed by atoms with E-state index < -0.39 is 5.54 Å². The highest BCUT2D eigenvalue weighted by atomic mass is 16.1. The number of nitrogens with two attached hydrogens (primary N) is 1. The number of carbonyl (C=O) groups is 1. The molecule has 3 N–H and O–H groups in total. The summed E-state index contributed by atoms with van der Waals surface area (Å²) in [4.78, 5) is 24.7. The number of primary amides is 1. The van der Waals surface area contributed by atoms with Gasteiger partial charge in [0.15, 0.2) is 5.96 Å². The van der Waals surface area contributed by atoms with Crippen LogP contribution in [-0.4, -0.2) is 65.4 Å². The number of aromatic nitrogens is 1. The van der Waals surface area contributed by atoms with Gasteiger partial charge in [-0.25, -0.2) is 0 Å². The lowest BCUT2D eigenvalue weighted by molar-refractivity contribution is -0.129. The van der Waals surface area contributed by atoms with Gasteiger partial charge in [-0.3, -0.25) is 19.7 Å². The molecule has 1 amide bonds. The minimum absolute atomic E-state index is 0.288. The van der Waals surface area contributed by atoms with Crippen molar-refractivity contribution >= 4 is 11.9 Å². The lowest BCUT2D eigenvalue weighted by Gasteiger charge is -2.43. The third kappa shape index (κ3) is 4.03. The smallest absolute Gasteiger partial charge is 0.237 e. The number of hydrogen-bond donors (Lipinski definition) is 2. The summed E-state index contributed by atoms with van der Waals surface area (Å²) in [7, 11) is 1.79. The molecule has 24 heavy (non-hydrogen) atoms. The normalized spacial score (nSPS) is 17.0. The van der Waals surface area contributed by atoms with Crippen LogP contribution in [-0.2, 0) is 11.3 Å². The van der Waals surface area contributed by atoms with E-state index in [0.717, 1.165) is 43.4 Å². The molecule has 7 heteroatoms. The molecule has 0 bridgehead atoms. The number of nitrogens with one attached hydrogen (secondary N) is 1. The van der Waals surface area contributed by atoms with Gasteiger partial charge >= 0.3 is 0 Å². The molecule has 1 aliphatic rings. The Morgan fingerprint density at radius 1 is 1.38 bits per heavy atom. The Morgan fingerprint density at radius 2 is 2.04 bits per heavy atom. The van der Waals surface area contributed by atoms with E-state index in [1.54, 1.807) is 13.2 Å². The first-order valence-electron chi connectivity index (χ1n) is 8.27. The molecule has 0 saturated carbocycles. The number of hydrogen-bond acceptors (Lipinski definition) is 4. The van der Waals surface area contributed by atoms with Gasteiger partial charge in [-0.15, -0.1) is 0 Å². The van der Waals surface area contributed by atoms with Gasteiger partial charge in [-0.2, -0.15) is 0 Å². The van der Waals surface area contributed by atoms with Crippen LogP contribution >= 0.6 is 0 Å². The van der Waals surface area contributed by atoms with Crippen molar-refractivity contribution in [1.82, 2.24) is 20.1 Å². The fourth-order valence-corrected chi connectivity index (χ4v) is 2.83. The van der Waals surface area contributed by atoms with Crippen molar-refractivity contribution in [3.05, 3.63) is 29.6 Å². The highest BCUT2D eigenvalue weighted by Crippen LogP contribution is 2.16. The van der Waals surface area contributed by atoms with Crippen molar-refractivity contribution in [2.75, 3.05) is 33.2 Å². The van der Waals surface area contributed by atoms with Crippen LogP contribution in [0.25, 0.3) is 0 Å². The molecule has 0 spiro atoms. The van der Waals surface area contributed by atoms with E-state index in [1.165, 1.54) is 0 Å². The van der Waals surface area contributed by atoms with Gasteiger partial charge in [0.05, 0.1) is 17.8 Å². The lowest BCUT2D eigenvalue weighted by Crippen LogP contribution is -2.61. The number of aryl methyl sites for hydroxylation is 1. The molecule has 0 atom stereocenters. The minimum Gasteiger partial charge on any atom is -0.368 e. The van der Waals surface area contributed by atoms with Crippen LogP contribution in [0.2, 0.25) is 0 Å². The third-order valence-corrected chi connectivity index (χ3v) is 4.72. The van der Waals surface area contributed by atoms with Gasteiger partial charge in [-0.1, -0.05) is 6.07 Å². The molecule has 1 aromatic heterocycles. The molecular weight excluding hydrogens is 304 g/mol. The van der Waals surface area contributed by atoms with Crippen molar-refractivity contribution in [2.45, 2.75) is 32.9 Å². The Morgan fingerprint density at radius 3 is 2.58 bits per heavy atom. The largest absolute Gasteiger partial charge is 0.368 e. The summed E-state index contributed by atoms with van der Waals surface area (Å²) >= 11 is 0. The molecule has 1 aromatic rings. The van der Waals surface area contributed by atoms with Gasteiger partial charge in [0.25, 0.3) is 0 Å². The van der Waals surface area contributed by atoms with Crippen molar-refractivity contribution in [2.24, 2.45) is 10.7 Å². The fraction of sp³-hybridized carbons (Fsp3) is 0.588. The van der Waals surface area contributed by atoms with Crippen LogP contribution in [0.5, 0.6) is 0 Å². The maximum atomic E-state index is 11.6. The summed E-state index contributed by atoms with van der Waals surface area (Å²) in [5, 5.41) is 3.38. The molecule has 0 unspecified atom stereocenters. The number of pyridine rings is 1. The van der Waals surface area contributed by atoms with Crippen LogP contribution in [0.1, 0.15) is 25.1 Å². The Kier molecular flexibility index (Phi) is 5.77. The molecule has 132 valence electrons. The average molecular weight is 332 g/mol. The maximum absolute atomic E-state index is 11.6. The van der Waals surface area contributed by atoms with E-state index in [2.05, 4.69) is 38.1 Å². The lowest BCUT2D eigenvalue weighted by atomic mass is 10.0. The van der Waals surface area contributed by atoms with Gasteiger partial charge in [0.2, 0.25) is 5.91 Å². The zero-order valence-corrected chi connectivity index (χ0v) is 15.0. The predicted molar refractivity (Wildman–Crippen MR) is 95.6 cm³/mol. The Bertz CT molecular complexity index is 605. The molecule has 1 fully saturated rings. The fourth-order valence-electron chi connectivity index (χ4n) is 2.83. The first kappa shape index (κ1) is 18.2. The van der Waals surface area contributed by atoms with Gasteiger partial charge < -0.3 is 16.0 Å². The molecule has 1 aliphatic heterocycles. The average Bonchev–Trinajstić information content (AvgIpc) is 2.57. The number of guanidine groups is 1. The van der Waals surface area contributed by atoms with Crippen LogP contribution in [0.15, 0.2) is 23.3 Å². The Labute approximate surface area is 143 Å². The number of amides is 1. The molecule has 0 radical (unpaired) electrons. The molecule has 0 aromatic carbocycles. The van der Waals surface area contributed by atoms with Crippen molar-refractivity contribution in [3.8, 4) is 0 Å². The first-order valence-corrected chi connectivity index (χ1v) is 8.27. The second kappa shape index (κ2) is 7.61. The van der Waals surface area contributed by atoms with E-state index in [4.69, 9.17) is 5.73 Å². The molecule has 2 heterocycles. The monoisotopic (exact) mass is 332 g/mol. The molecule has 1 saturated heterocycles. The number of piperazine rings is 1. The summed E-state index contributed by atoms with van der Waals surface area (Å²) in [6, 6.07) is 3.99. The summed E-state index contributed by atoms with van der Waals surface area (Å²) in [5.74, 6) is 0.570. The Hall–Kier alpha value is -2.15. The van der Waals surface area contributed by atoms with E-state index >= 15 is 0 Å². The van der Waals surface area contributed by atoms with Crippen molar-refractivity contribution < 1.29 is 4.79 Å². The van der Waals surface area contributed by atoms with Crippen molar-refractivity contribution in [1.29, 1.82) is 0 Å². The summed E-state index contributed by atoms with van der Waals surface area (Å²) < 4.78 is 0. The first-order chi connectivity index (χ1) is 11.4. The van der Waals surface area contributed by atoms with Crippen LogP contribution in [0, 0.1) is 6.92 Å². The molecule has 7 nitrogen and oxygen atoms in total. The summed E-state index contributed by atoms with van der Waals surface area (Å²) in [6.07, 6.45) is 1.80. The zero-order valence-electron chi connectivity index (χ0n) is 15.0. The molecule has 0 aliphatic carbocycles. The standard InChI is InChI=1S/C17H28N6O/c1-13-6-5-7-20-14(13)12-21-16(19-4)22-8-10-23(11-9-22)17(2,3)15(18)24/h5-7H,8-12H2,1-4H3,(H2,18,24)(H,19,21). The number of nitrogens with zero attached hydrogens (tertiary/aromatic N) is 4. The molecular formula is C17H28N6O. The van der Waals surface area contributed by atoms with Crippen LogP contribution in [0.3, 0.4) is 0 Å². The quantitative estimate of drug-likeness (QED) is 0.614. The number of aliphatic imine (C=N–C) groups is 1. The Balaban J connectivity index is 1.92. The van der Waals surface area contributed by atoms with E-state index in [-0.39, 0.29) is 5.91 Å². The van der Waals surface area contributed by atoms with Crippen molar-refractivity contribution in [3.63, 3.8) is 0 Å². The topological polar surface area (TPSA) is 86.8 Å². The van der Waals surface area contributed by atoms with Gasteiger partial charge in [-0.05, 0) is 32.4 Å². The zero-order chi connectivity index (χ0) is 17.7. The second-order valence-corrected chi connectivity index (χ2v) is 6.57. The molecule has 2 rings (SSSR count). The minimum atomic E-state index is -0.617. The maximum Gasteiger partial charge on any atom is 0.237 e. The van der Waals surface area contributed by atoms with E-state index in [1.807, 2.05) is 19.9 Å². The third-order valence-electron chi connectivity index (χ3n) is 4.72. The highest BCUT2D eigenvalue weighted by molar-refractivity contribution is 5.84.